The van der Waals surface area contributed by atoms with Gasteiger partial charge in [0, 0.05) is 19.8 Å². The van der Waals surface area contributed by atoms with Gasteiger partial charge in [-0.15, -0.1) is 0 Å². The molecule has 1 aromatic heterocycles. The molecule has 7 nitrogen and oxygen atoms in total. The molecule has 2 unspecified atom stereocenters. The largest absolute Gasteiger partial charge is 0.444 e. The van der Waals surface area contributed by atoms with Crippen molar-refractivity contribution in [3.05, 3.63) is 42.1 Å². The molecule has 1 N–H and O–H groups in total. The summed E-state index contributed by atoms with van der Waals surface area (Å²) in [4.78, 5) is 26.8. The first-order chi connectivity index (χ1) is 13.7. The summed E-state index contributed by atoms with van der Waals surface area (Å²) < 4.78 is 7.27. The number of rotatable bonds is 4. The number of nitrogens with one attached hydrogen (secondary N) is 1. The Morgan fingerprint density at radius 1 is 1.21 bits per heavy atom. The van der Waals surface area contributed by atoms with Gasteiger partial charge in [-0.3, -0.25) is 14.4 Å². The van der Waals surface area contributed by atoms with Gasteiger partial charge >= 0.3 is 6.09 Å². The SMILES string of the molecule is CC(NC(=O)C1CCCN1C(=O)OC(C)(C)C)c1ccc(-c2ccnn2C)cc1. The van der Waals surface area contributed by atoms with E-state index in [1.54, 1.807) is 11.1 Å². The molecule has 2 heterocycles. The molecule has 1 aliphatic rings. The third kappa shape index (κ3) is 4.96. The van der Waals surface area contributed by atoms with Crippen LogP contribution in [0.25, 0.3) is 11.3 Å². The second-order valence-electron chi connectivity index (χ2n) is 8.52. The standard InChI is InChI=1S/C22H30N4O3/c1-15(16-8-10-17(11-9-16)18-12-13-23-25(18)5)24-20(27)19-7-6-14-26(19)21(28)29-22(2,3)4/h8-13,15,19H,6-7,14H2,1-5H3,(H,24,27). The topological polar surface area (TPSA) is 76.5 Å². The zero-order chi connectivity index (χ0) is 21.2. The van der Waals surface area contributed by atoms with Crippen molar-refractivity contribution in [2.24, 2.45) is 7.05 Å². The molecule has 1 saturated heterocycles. The fourth-order valence-corrected chi connectivity index (χ4v) is 3.57. The lowest BCUT2D eigenvalue weighted by molar-refractivity contribution is -0.126. The molecule has 0 bridgehead atoms. The lowest BCUT2D eigenvalue weighted by Crippen LogP contribution is -2.48. The number of amides is 2. The van der Waals surface area contributed by atoms with Gasteiger partial charge in [0.1, 0.15) is 11.6 Å². The summed E-state index contributed by atoms with van der Waals surface area (Å²) in [5.74, 6) is -0.142. The number of aryl methyl sites for hydroxylation is 1. The van der Waals surface area contributed by atoms with E-state index in [1.807, 2.05) is 69.8 Å². The molecular formula is C22H30N4O3. The zero-order valence-electron chi connectivity index (χ0n) is 17.8. The van der Waals surface area contributed by atoms with Gasteiger partial charge in [0.05, 0.1) is 11.7 Å². The highest BCUT2D eigenvalue weighted by molar-refractivity contribution is 5.86. The summed E-state index contributed by atoms with van der Waals surface area (Å²) in [5.41, 5.74) is 2.53. The van der Waals surface area contributed by atoms with E-state index in [1.165, 1.54) is 0 Å². The van der Waals surface area contributed by atoms with Crippen molar-refractivity contribution in [3.8, 4) is 11.3 Å². The van der Waals surface area contributed by atoms with Gasteiger partial charge in [-0.25, -0.2) is 4.79 Å². The third-order valence-corrected chi connectivity index (χ3v) is 5.07. The third-order valence-electron chi connectivity index (χ3n) is 5.07. The van der Waals surface area contributed by atoms with Gasteiger partial charge in [-0.2, -0.15) is 5.10 Å². The van der Waals surface area contributed by atoms with E-state index >= 15 is 0 Å². The Morgan fingerprint density at radius 3 is 2.48 bits per heavy atom. The second-order valence-corrected chi connectivity index (χ2v) is 8.52. The van der Waals surface area contributed by atoms with E-state index in [0.717, 1.165) is 23.2 Å². The van der Waals surface area contributed by atoms with Crippen molar-refractivity contribution in [2.75, 3.05) is 6.54 Å². The number of likely N-dealkylation sites (tertiary alicyclic amines) is 1. The number of nitrogens with zero attached hydrogens (tertiary/aromatic N) is 3. The van der Waals surface area contributed by atoms with Gasteiger partial charge in [-0.1, -0.05) is 24.3 Å². The van der Waals surface area contributed by atoms with Gasteiger partial charge in [-0.05, 0) is 57.7 Å². The number of aromatic nitrogens is 2. The summed E-state index contributed by atoms with van der Waals surface area (Å²) >= 11 is 0. The summed E-state index contributed by atoms with van der Waals surface area (Å²) in [5, 5.41) is 7.24. The second kappa shape index (κ2) is 8.27. The molecule has 3 rings (SSSR count). The molecule has 1 fully saturated rings. The Balaban J connectivity index is 1.64. The predicted octanol–water partition coefficient (Wildman–Crippen LogP) is 3.66. The van der Waals surface area contributed by atoms with Crippen LogP contribution in [0.4, 0.5) is 4.79 Å². The Kier molecular flexibility index (Phi) is 5.96. The fourth-order valence-electron chi connectivity index (χ4n) is 3.57. The average Bonchev–Trinajstić information content (AvgIpc) is 3.29. The maximum absolute atomic E-state index is 12.8. The van der Waals surface area contributed by atoms with E-state index in [-0.39, 0.29) is 11.9 Å². The summed E-state index contributed by atoms with van der Waals surface area (Å²) in [6.45, 7) is 7.97. The monoisotopic (exact) mass is 398 g/mol. The van der Waals surface area contributed by atoms with Gasteiger partial charge < -0.3 is 10.1 Å². The zero-order valence-corrected chi connectivity index (χ0v) is 17.8. The van der Waals surface area contributed by atoms with Crippen molar-refractivity contribution >= 4 is 12.0 Å². The van der Waals surface area contributed by atoms with Crippen LogP contribution in [0.2, 0.25) is 0 Å². The Labute approximate surface area is 172 Å². The van der Waals surface area contributed by atoms with Crippen molar-refractivity contribution in [3.63, 3.8) is 0 Å². The van der Waals surface area contributed by atoms with Crippen LogP contribution in [0.5, 0.6) is 0 Å². The molecule has 2 amide bonds. The van der Waals surface area contributed by atoms with E-state index in [2.05, 4.69) is 10.4 Å². The normalized spacial score (nSPS) is 17.8. The van der Waals surface area contributed by atoms with E-state index in [9.17, 15) is 9.59 Å². The minimum absolute atomic E-state index is 0.142. The highest BCUT2D eigenvalue weighted by Crippen LogP contribution is 2.24. The van der Waals surface area contributed by atoms with Crippen molar-refractivity contribution in [1.82, 2.24) is 20.0 Å². The molecule has 2 atom stereocenters. The fraction of sp³-hybridized carbons (Fsp3) is 0.500. The number of ether oxygens (including phenoxy) is 1. The Hall–Kier alpha value is -2.83. The molecule has 1 aromatic carbocycles. The predicted molar refractivity (Wildman–Crippen MR) is 111 cm³/mol. The van der Waals surface area contributed by atoms with Crippen molar-refractivity contribution in [2.45, 2.75) is 58.2 Å². The van der Waals surface area contributed by atoms with Crippen LogP contribution in [-0.2, 0) is 16.6 Å². The van der Waals surface area contributed by atoms with Gasteiger partial charge in [0.25, 0.3) is 0 Å². The quantitative estimate of drug-likeness (QED) is 0.853. The first-order valence-electron chi connectivity index (χ1n) is 10.0. The first-order valence-corrected chi connectivity index (χ1v) is 10.0. The molecule has 1 aliphatic heterocycles. The Bertz CT molecular complexity index is 867. The Morgan fingerprint density at radius 2 is 1.90 bits per heavy atom. The van der Waals surface area contributed by atoms with Crippen LogP contribution in [0.15, 0.2) is 36.5 Å². The summed E-state index contributed by atoms with van der Waals surface area (Å²) in [6, 6.07) is 9.38. The van der Waals surface area contributed by atoms with Crippen LogP contribution in [0.3, 0.4) is 0 Å². The maximum atomic E-state index is 12.8. The number of carbonyl (C=O) groups excluding carboxylic acids is 2. The number of hydrogen-bond donors (Lipinski definition) is 1. The summed E-state index contributed by atoms with van der Waals surface area (Å²) in [7, 11) is 1.91. The average molecular weight is 399 g/mol. The minimum Gasteiger partial charge on any atom is -0.444 e. The van der Waals surface area contributed by atoms with Crippen LogP contribution in [0, 0.1) is 0 Å². The highest BCUT2D eigenvalue weighted by atomic mass is 16.6. The van der Waals surface area contributed by atoms with Crippen LogP contribution >= 0.6 is 0 Å². The smallest absolute Gasteiger partial charge is 0.410 e. The lowest BCUT2D eigenvalue weighted by atomic mass is 10.0. The first kappa shape index (κ1) is 20.9. The van der Waals surface area contributed by atoms with E-state index in [4.69, 9.17) is 4.74 Å². The van der Waals surface area contributed by atoms with Crippen molar-refractivity contribution < 1.29 is 14.3 Å². The molecule has 7 heteroatoms. The van der Waals surface area contributed by atoms with E-state index in [0.29, 0.717) is 13.0 Å². The lowest BCUT2D eigenvalue weighted by Gasteiger charge is -2.28. The highest BCUT2D eigenvalue weighted by Gasteiger charge is 2.37. The molecule has 156 valence electrons. The van der Waals surface area contributed by atoms with Gasteiger partial charge in [0.15, 0.2) is 0 Å². The molecule has 2 aromatic rings. The molecule has 0 saturated carbocycles. The number of benzene rings is 1. The molecule has 0 aliphatic carbocycles. The van der Waals surface area contributed by atoms with Crippen LogP contribution < -0.4 is 5.32 Å². The van der Waals surface area contributed by atoms with Crippen LogP contribution in [0.1, 0.15) is 52.1 Å². The van der Waals surface area contributed by atoms with E-state index < -0.39 is 17.7 Å². The molecule has 0 spiro atoms. The molecule has 29 heavy (non-hydrogen) atoms. The molecule has 0 radical (unpaired) electrons. The minimum atomic E-state index is -0.580. The maximum Gasteiger partial charge on any atom is 0.410 e. The van der Waals surface area contributed by atoms with Gasteiger partial charge in [0.2, 0.25) is 5.91 Å². The van der Waals surface area contributed by atoms with Crippen molar-refractivity contribution in [1.29, 1.82) is 0 Å². The molecular weight excluding hydrogens is 368 g/mol. The van der Waals surface area contributed by atoms with Crippen LogP contribution in [-0.4, -0.2) is 44.9 Å². The number of carbonyl (C=O) groups is 2. The number of hydrogen-bond acceptors (Lipinski definition) is 4. The summed E-state index contributed by atoms with van der Waals surface area (Å²) in [6.07, 6.45) is 2.79.